The van der Waals surface area contributed by atoms with Crippen LogP contribution in [0.1, 0.15) is 30.9 Å². The maximum atomic E-state index is 13.6. The fourth-order valence-electron chi connectivity index (χ4n) is 3.68. The van der Waals surface area contributed by atoms with Crippen molar-refractivity contribution in [3.05, 3.63) is 99.0 Å². The summed E-state index contributed by atoms with van der Waals surface area (Å²) in [6.45, 7) is 2.46. The van der Waals surface area contributed by atoms with E-state index in [-0.39, 0.29) is 25.0 Å². The number of unbranched alkanes of at least 4 members (excludes halogenated alkanes) is 1. The zero-order valence-corrected chi connectivity index (χ0v) is 22.3. The van der Waals surface area contributed by atoms with Crippen molar-refractivity contribution >= 4 is 46.6 Å². The number of amides is 2. The fraction of sp³-hybridized carbons (Fsp3) is 0.286. The van der Waals surface area contributed by atoms with Crippen molar-refractivity contribution in [3.8, 4) is 5.75 Å². The predicted octanol–water partition coefficient (Wildman–Crippen LogP) is 6.58. The van der Waals surface area contributed by atoms with E-state index in [4.69, 9.17) is 39.5 Å². The molecular formula is C28H29Cl3N2O3. The Kier molecular flexibility index (Phi) is 10.9. The zero-order chi connectivity index (χ0) is 25.9. The molecule has 0 fully saturated rings. The van der Waals surface area contributed by atoms with Crippen LogP contribution in [0.5, 0.6) is 5.75 Å². The third kappa shape index (κ3) is 8.16. The second-order valence-corrected chi connectivity index (χ2v) is 9.56. The van der Waals surface area contributed by atoms with Crippen LogP contribution in [0.25, 0.3) is 0 Å². The van der Waals surface area contributed by atoms with E-state index in [1.165, 1.54) is 4.90 Å². The molecule has 0 heterocycles. The minimum absolute atomic E-state index is 0.153. The first kappa shape index (κ1) is 27.9. The molecule has 0 aliphatic carbocycles. The van der Waals surface area contributed by atoms with E-state index in [0.29, 0.717) is 33.8 Å². The number of halogens is 3. The molecule has 36 heavy (non-hydrogen) atoms. The Morgan fingerprint density at radius 1 is 0.889 bits per heavy atom. The van der Waals surface area contributed by atoms with E-state index in [1.807, 2.05) is 30.3 Å². The molecule has 1 N–H and O–H groups in total. The van der Waals surface area contributed by atoms with Crippen molar-refractivity contribution in [2.24, 2.45) is 0 Å². The Labute approximate surface area is 227 Å². The van der Waals surface area contributed by atoms with Crippen molar-refractivity contribution in [1.29, 1.82) is 0 Å². The van der Waals surface area contributed by atoms with E-state index in [0.717, 1.165) is 24.0 Å². The molecule has 8 heteroatoms. The summed E-state index contributed by atoms with van der Waals surface area (Å²) in [5.41, 5.74) is 1.68. The van der Waals surface area contributed by atoms with Crippen molar-refractivity contribution in [3.63, 3.8) is 0 Å². The van der Waals surface area contributed by atoms with Crippen LogP contribution in [0.3, 0.4) is 0 Å². The lowest BCUT2D eigenvalue weighted by Gasteiger charge is -2.31. The average molecular weight is 548 g/mol. The summed E-state index contributed by atoms with van der Waals surface area (Å²) >= 11 is 18.5. The minimum Gasteiger partial charge on any atom is -0.482 e. The van der Waals surface area contributed by atoms with Crippen LogP contribution in [0.2, 0.25) is 15.1 Å². The second-order valence-electron chi connectivity index (χ2n) is 8.34. The Balaban J connectivity index is 1.91. The van der Waals surface area contributed by atoms with Crippen LogP contribution < -0.4 is 10.1 Å². The SMILES string of the molecule is CCCCNC(=O)[C@H](Cc1ccccc1)N(Cc1ccc(Cl)c(Cl)c1)C(=O)COc1ccccc1Cl. The van der Waals surface area contributed by atoms with Gasteiger partial charge < -0.3 is 15.0 Å². The maximum absolute atomic E-state index is 13.6. The lowest BCUT2D eigenvalue weighted by atomic mass is 10.0. The molecule has 0 aromatic heterocycles. The number of ether oxygens (including phenoxy) is 1. The summed E-state index contributed by atoms with van der Waals surface area (Å²) in [4.78, 5) is 28.5. The van der Waals surface area contributed by atoms with Crippen molar-refractivity contribution in [1.82, 2.24) is 10.2 Å². The second kappa shape index (κ2) is 14.1. The molecule has 3 rings (SSSR count). The molecule has 0 unspecified atom stereocenters. The van der Waals surface area contributed by atoms with Crippen LogP contribution in [0.15, 0.2) is 72.8 Å². The molecule has 0 bridgehead atoms. The number of carbonyl (C=O) groups excluding carboxylic acids is 2. The molecule has 0 spiro atoms. The number of nitrogens with zero attached hydrogens (tertiary/aromatic N) is 1. The molecule has 5 nitrogen and oxygen atoms in total. The molecule has 0 aliphatic rings. The molecule has 0 aliphatic heterocycles. The van der Waals surface area contributed by atoms with E-state index >= 15 is 0 Å². The Hall–Kier alpha value is -2.73. The number of carbonyl (C=O) groups is 2. The largest absolute Gasteiger partial charge is 0.482 e. The van der Waals surface area contributed by atoms with Gasteiger partial charge in [-0.2, -0.15) is 0 Å². The average Bonchev–Trinajstić information content (AvgIpc) is 2.88. The fourth-order valence-corrected chi connectivity index (χ4v) is 4.19. The monoisotopic (exact) mass is 546 g/mol. The molecule has 0 radical (unpaired) electrons. The first-order valence-corrected chi connectivity index (χ1v) is 12.9. The topological polar surface area (TPSA) is 58.6 Å². The van der Waals surface area contributed by atoms with Crippen LogP contribution in [0, 0.1) is 0 Å². The van der Waals surface area contributed by atoms with Gasteiger partial charge in [-0.15, -0.1) is 0 Å². The summed E-state index contributed by atoms with van der Waals surface area (Å²) in [5, 5.41) is 4.18. The Bertz CT molecular complexity index is 1160. The van der Waals surface area contributed by atoms with Gasteiger partial charge >= 0.3 is 0 Å². The summed E-state index contributed by atoms with van der Waals surface area (Å²) in [7, 11) is 0. The van der Waals surface area contributed by atoms with Gasteiger partial charge in [0.15, 0.2) is 6.61 Å². The highest BCUT2D eigenvalue weighted by molar-refractivity contribution is 6.42. The van der Waals surface area contributed by atoms with Gasteiger partial charge in [0, 0.05) is 19.5 Å². The number of para-hydroxylation sites is 1. The molecular weight excluding hydrogens is 519 g/mol. The summed E-state index contributed by atoms with van der Waals surface area (Å²) in [6.07, 6.45) is 2.14. The van der Waals surface area contributed by atoms with E-state index < -0.39 is 6.04 Å². The van der Waals surface area contributed by atoms with Gasteiger partial charge in [0.2, 0.25) is 5.91 Å². The zero-order valence-electron chi connectivity index (χ0n) is 20.1. The minimum atomic E-state index is -0.763. The van der Waals surface area contributed by atoms with Crippen LogP contribution >= 0.6 is 34.8 Å². The standard InChI is InChI=1S/C28H29Cl3N2O3/c1-2-3-15-32-28(35)25(17-20-9-5-4-6-10-20)33(18-21-13-14-22(29)24(31)16-21)27(34)19-36-26-12-8-7-11-23(26)30/h4-14,16,25H,2-3,15,17-19H2,1H3,(H,32,35)/t25-/m0/s1. The van der Waals surface area contributed by atoms with E-state index in [1.54, 1.807) is 42.5 Å². The lowest BCUT2D eigenvalue weighted by Crippen LogP contribution is -2.51. The van der Waals surface area contributed by atoms with Gasteiger partial charge in [-0.1, -0.05) is 96.7 Å². The summed E-state index contributed by atoms with van der Waals surface area (Å²) < 4.78 is 5.74. The normalized spacial score (nSPS) is 11.6. The molecule has 0 saturated carbocycles. The third-order valence-corrected chi connectivity index (χ3v) is 6.68. The summed E-state index contributed by atoms with van der Waals surface area (Å²) in [6, 6.07) is 21.0. The van der Waals surface area contributed by atoms with Gasteiger partial charge in [-0.05, 0) is 41.8 Å². The smallest absolute Gasteiger partial charge is 0.261 e. The van der Waals surface area contributed by atoms with Gasteiger partial charge in [0.25, 0.3) is 5.91 Å². The van der Waals surface area contributed by atoms with Gasteiger partial charge in [-0.25, -0.2) is 0 Å². The molecule has 0 saturated heterocycles. The lowest BCUT2D eigenvalue weighted by molar-refractivity contribution is -0.142. The predicted molar refractivity (Wildman–Crippen MR) is 146 cm³/mol. The van der Waals surface area contributed by atoms with Crippen LogP contribution in [-0.2, 0) is 22.6 Å². The number of benzene rings is 3. The van der Waals surface area contributed by atoms with Crippen molar-refractivity contribution in [2.75, 3.05) is 13.2 Å². The van der Waals surface area contributed by atoms with E-state index in [2.05, 4.69) is 12.2 Å². The van der Waals surface area contributed by atoms with Crippen molar-refractivity contribution in [2.45, 2.75) is 38.8 Å². The van der Waals surface area contributed by atoms with Gasteiger partial charge in [-0.3, -0.25) is 9.59 Å². The molecule has 1 atom stereocenters. The molecule has 3 aromatic carbocycles. The highest BCUT2D eigenvalue weighted by atomic mass is 35.5. The highest BCUT2D eigenvalue weighted by Gasteiger charge is 2.30. The van der Waals surface area contributed by atoms with Crippen LogP contribution in [-0.4, -0.2) is 35.9 Å². The first-order valence-electron chi connectivity index (χ1n) is 11.8. The van der Waals surface area contributed by atoms with Gasteiger partial charge in [0.05, 0.1) is 15.1 Å². The Morgan fingerprint density at radius 3 is 2.31 bits per heavy atom. The highest BCUT2D eigenvalue weighted by Crippen LogP contribution is 2.25. The quantitative estimate of drug-likeness (QED) is 0.261. The Morgan fingerprint density at radius 2 is 1.61 bits per heavy atom. The molecule has 190 valence electrons. The number of hydrogen-bond acceptors (Lipinski definition) is 3. The molecule has 2 amide bonds. The number of nitrogens with one attached hydrogen (secondary N) is 1. The maximum Gasteiger partial charge on any atom is 0.261 e. The summed E-state index contributed by atoms with van der Waals surface area (Å²) in [5.74, 6) is -0.181. The van der Waals surface area contributed by atoms with Crippen molar-refractivity contribution < 1.29 is 14.3 Å². The molecule has 3 aromatic rings. The number of hydrogen-bond donors (Lipinski definition) is 1. The van der Waals surface area contributed by atoms with Gasteiger partial charge in [0.1, 0.15) is 11.8 Å². The first-order chi connectivity index (χ1) is 17.4. The third-order valence-electron chi connectivity index (χ3n) is 5.63. The van der Waals surface area contributed by atoms with Crippen LogP contribution in [0.4, 0.5) is 0 Å². The number of rotatable bonds is 12. The van der Waals surface area contributed by atoms with E-state index in [9.17, 15) is 9.59 Å².